The number of nitrogens with one attached hydrogen (secondary N) is 2. The van der Waals surface area contributed by atoms with Crippen molar-refractivity contribution >= 4 is 34.7 Å². The van der Waals surface area contributed by atoms with Crippen molar-refractivity contribution in [3.63, 3.8) is 0 Å². The van der Waals surface area contributed by atoms with Crippen LogP contribution in [0.4, 0.5) is 10.2 Å². The van der Waals surface area contributed by atoms with Crippen LogP contribution in [0.5, 0.6) is 0 Å². The molecule has 0 fully saturated rings. The van der Waals surface area contributed by atoms with Crippen molar-refractivity contribution in [1.82, 2.24) is 19.6 Å². The summed E-state index contributed by atoms with van der Waals surface area (Å²) in [6, 6.07) is 10.1. The molecule has 0 amide bonds. The van der Waals surface area contributed by atoms with E-state index in [1.165, 1.54) is 30.1 Å². The lowest BCUT2D eigenvalue weighted by atomic mass is 10.0. The SMILES string of the molecule is C=N/C=C(\C=C(/C)F)c1cc(NCC(C)c2c[nH]c3ccccc23)n2ncc(C)c2n1. The number of H-pyrrole nitrogens is 1. The number of aliphatic imine (C=N–C) groups is 1. The fourth-order valence-electron chi connectivity index (χ4n) is 3.71. The van der Waals surface area contributed by atoms with Crippen LogP contribution in [0, 0.1) is 6.92 Å². The zero-order chi connectivity index (χ0) is 22.0. The molecule has 0 saturated carbocycles. The fraction of sp³-hybridized carbons (Fsp3) is 0.208. The Hall–Kier alpha value is -3.74. The summed E-state index contributed by atoms with van der Waals surface area (Å²) in [6.45, 7) is 9.70. The van der Waals surface area contributed by atoms with Gasteiger partial charge in [0.25, 0.3) is 0 Å². The zero-order valence-electron chi connectivity index (χ0n) is 17.9. The van der Waals surface area contributed by atoms with E-state index in [1.54, 1.807) is 10.7 Å². The van der Waals surface area contributed by atoms with E-state index in [2.05, 4.69) is 57.3 Å². The quantitative estimate of drug-likeness (QED) is 0.302. The number of hydrogen-bond acceptors (Lipinski definition) is 4. The van der Waals surface area contributed by atoms with Crippen LogP contribution in [-0.2, 0) is 0 Å². The molecule has 1 atom stereocenters. The molecule has 1 unspecified atom stereocenters. The van der Waals surface area contributed by atoms with Gasteiger partial charge in [0.1, 0.15) is 5.82 Å². The highest BCUT2D eigenvalue weighted by molar-refractivity contribution is 5.83. The Morgan fingerprint density at radius 1 is 1.39 bits per heavy atom. The lowest BCUT2D eigenvalue weighted by Crippen LogP contribution is -2.13. The second-order valence-electron chi connectivity index (χ2n) is 7.66. The van der Waals surface area contributed by atoms with Crippen molar-refractivity contribution in [2.24, 2.45) is 4.99 Å². The highest BCUT2D eigenvalue weighted by Gasteiger charge is 2.15. The maximum absolute atomic E-state index is 13.6. The van der Waals surface area contributed by atoms with E-state index in [-0.39, 0.29) is 11.7 Å². The molecule has 7 heteroatoms. The van der Waals surface area contributed by atoms with Gasteiger partial charge in [-0.1, -0.05) is 25.1 Å². The fourth-order valence-corrected chi connectivity index (χ4v) is 3.71. The summed E-state index contributed by atoms with van der Waals surface area (Å²) >= 11 is 0. The van der Waals surface area contributed by atoms with E-state index in [1.807, 2.05) is 25.1 Å². The molecule has 6 nitrogen and oxygen atoms in total. The average Bonchev–Trinajstić information content (AvgIpc) is 3.35. The standard InChI is InChI=1S/C24H25FN6/c1-15(20-14-27-21-8-6-5-7-19(20)21)11-28-23-10-22(18(13-26-4)9-17(3)25)30-24-16(2)12-29-31(23)24/h5-10,12-15,27-28H,4,11H2,1-3H3/b17-9+,18-13+. The number of aromatic nitrogens is 4. The molecular weight excluding hydrogens is 391 g/mol. The molecule has 0 aliphatic heterocycles. The molecular formula is C24H25FN6. The molecule has 3 heterocycles. The van der Waals surface area contributed by atoms with Gasteiger partial charge in [-0.15, -0.1) is 0 Å². The van der Waals surface area contributed by atoms with E-state index >= 15 is 0 Å². The number of allylic oxidation sites excluding steroid dienone is 3. The number of para-hydroxylation sites is 1. The summed E-state index contributed by atoms with van der Waals surface area (Å²) in [5.41, 5.74) is 5.16. The molecule has 4 rings (SSSR count). The van der Waals surface area contributed by atoms with Gasteiger partial charge in [-0.2, -0.15) is 9.61 Å². The summed E-state index contributed by atoms with van der Waals surface area (Å²) < 4.78 is 15.4. The third-order valence-corrected chi connectivity index (χ3v) is 5.27. The highest BCUT2D eigenvalue weighted by Crippen LogP contribution is 2.27. The molecule has 0 saturated heterocycles. The Kier molecular flexibility index (Phi) is 5.66. The van der Waals surface area contributed by atoms with Crippen LogP contribution in [0.2, 0.25) is 0 Å². The summed E-state index contributed by atoms with van der Waals surface area (Å²) in [6.07, 6.45) is 6.74. The van der Waals surface area contributed by atoms with Gasteiger partial charge in [0.05, 0.1) is 17.7 Å². The average molecular weight is 417 g/mol. The number of halogens is 1. The van der Waals surface area contributed by atoms with Gasteiger partial charge in [-0.3, -0.25) is 4.99 Å². The Morgan fingerprint density at radius 3 is 2.97 bits per heavy atom. The van der Waals surface area contributed by atoms with Crippen LogP contribution in [0.3, 0.4) is 0 Å². The molecule has 31 heavy (non-hydrogen) atoms. The van der Waals surface area contributed by atoms with Crippen molar-refractivity contribution in [3.05, 3.63) is 77.6 Å². The number of hydrogen-bond donors (Lipinski definition) is 2. The van der Waals surface area contributed by atoms with Crippen molar-refractivity contribution in [1.29, 1.82) is 0 Å². The van der Waals surface area contributed by atoms with Gasteiger partial charge in [-0.25, -0.2) is 9.37 Å². The van der Waals surface area contributed by atoms with Crippen molar-refractivity contribution in [2.75, 3.05) is 11.9 Å². The van der Waals surface area contributed by atoms with Crippen LogP contribution in [0.15, 0.2) is 65.8 Å². The van der Waals surface area contributed by atoms with E-state index in [0.29, 0.717) is 23.5 Å². The van der Waals surface area contributed by atoms with Crippen molar-refractivity contribution < 1.29 is 4.39 Å². The van der Waals surface area contributed by atoms with E-state index in [4.69, 9.17) is 0 Å². The predicted molar refractivity (Wildman–Crippen MR) is 125 cm³/mol. The Labute approximate surface area is 180 Å². The molecule has 2 N–H and O–H groups in total. The highest BCUT2D eigenvalue weighted by atomic mass is 19.1. The van der Waals surface area contributed by atoms with Crippen LogP contribution in [-0.4, -0.2) is 32.8 Å². The molecule has 158 valence electrons. The van der Waals surface area contributed by atoms with Gasteiger partial charge in [-0.05, 0) is 38.3 Å². The van der Waals surface area contributed by atoms with Gasteiger partial charge in [0.15, 0.2) is 5.65 Å². The topological polar surface area (TPSA) is 70.4 Å². The summed E-state index contributed by atoms with van der Waals surface area (Å²) in [7, 11) is 0. The number of aryl methyl sites for hydroxylation is 1. The molecule has 3 aromatic heterocycles. The smallest absolute Gasteiger partial charge is 0.160 e. The van der Waals surface area contributed by atoms with Crippen molar-refractivity contribution in [2.45, 2.75) is 26.7 Å². The minimum Gasteiger partial charge on any atom is -0.369 e. The largest absolute Gasteiger partial charge is 0.369 e. The lowest BCUT2D eigenvalue weighted by molar-refractivity contribution is 0.641. The van der Waals surface area contributed by atoms with Gasteiger partial charge < -0.3 is 10.3 Å². The van der Waals surface area contributed by atoms with Gasteiger partial charge in [0, 0.05) is 53.0 Å². The minimum absolute atomic E-state index is 0.248. The Balaban J connectivity index is 1.69. The maximum atomic E-state index is 13.6. The number of benzene rings is 1. The Bertz CT molecular complexity index is 1310. The van der Waals surface area contributed by atoms with Gasteiger partial charge >= 0.3 is 0 Å². The molecule has 0 aliphatic carbocycles. The van der Waals surface area contributed by atoms with E-state index in [9.17, 15) is 4.39 Å². The minimum atomic E-state index is -0.329. The van der Waals surface area contributed by atoms with Gasteiger partial charge in [0.2, 0.25) is 0 Å². The molecule has 0 spiro atoms. The first-order valence-electron chi connectivity index (χ1n) is 10.1. The third-order valence-electron chi connectivity index (χ3n) is 5.27. The number of rotatable bonds is 7. The number of anilines is 1. The third kappa shape index (κ3) is 4.12. The molecule has 0 aliphatic rings. The second kappa shape index (κ2) is 8.55. The Morgan fingerprint density at radius 2 is 2.19 bits per heavy atom. The summed E-state index contributed by atoms with van der Waals surface area (Å²) in [4.78, 5) is 11.8. The maximum Gasteiger partial charge on any atom is 0.160 e. The predicted octanol–water partition coefficient (Wildman–Crippen LogP) is 5.65. The normalized spacial score (nSPS) is 13.7. The first-order valence-corrected chi connectivity index (χ1v) is 10.1. The zero-order valence-corrected chi connectivity index (χ0v) is 17.9. The van der Waals surface area contributed by atoms with Crippen LogP contribution in [0.1, 0.15) is 36.6 Å². The van der Waals surface area contributed by atoms with Crippen LogP contribution < -0.4 is 5.32 Å². The molecule has 0 radical (unpaired) electrons. The van der Waals surface area contributed by atoms with E-state index < -0.39 is 0 Å². The van der Waals surface area contributed by atoms with E-state index in [0.717, 1.165) is 16.9 Å². The van der Waals surface area contributed by atoms with Crippen LogP contribution >= 0.6 is 0 Å². The second-order valence-corrected chi connectivity index (χ2v) is 7.66. The number of nitrogens with zero attached hydrogens (tertiary/aromatic N) is 4. The lowest BCUT2D eigenvalue weighted by Gasteiger charge is -2.15. The molecule has 0 bridgehead atoms. The molecule has 1 aromatic carbocycles. The summed E-state index contributed by atoms with van der Waals surface area (Å²) in [5.74, 6) is 0.696. The first kappa shape index (κ1) is 20.5. The molecule has 4 aromatic rings. The number of aromatic amines is 1. The van der Waals surface area contributed by atoms with Crippen LogP contribution in [0.25, 0.3) is 22.1 Å². The first-order chi connectivity index (χ1) is 15.0. The monoisotopic (exact) mass is 416 g/mol. The number of fused-ring (bicyclic) bond motifs is 2. The summed E-state index contributed by atoms with van der Waals surface area (Å²) in [5, 5.41) is 9.18. The van der Waals surface area contributed by atoms with Crippen molar-refractivity contribution in [3.8, 4) is 0 Å².